The second kappa shape index (κ2) is 6.27. The summed E-state index contributed by atoms with van der Waals surface area (Å²) >= 11 is 1.56. The molecular formula is C9H20N2O2S. The number of aliphatic hydroxyl groups is 1. The zero-order valence-electron chi connectivity index (χ0n) is 9.33. The maximum Gasteiger partial charge on any atom is 0.234 e. The van der Waals surface area contributed by atoms with Gasteiger partial charge in [-0.3, -0.25) is 4.79 Å². The summed E-state index contributed by atoms with van der Waals surface area (Å²) in [7, 11) is 3.67. The molecule has 1 atom stereocenters. The molecule has 0 heterocycles. The minimum absolute atomic E-state index is 0.0589. The molecule has 0 aliphatic rings. The van der Waals surface area contributed by atoms with E-state index < -0.39 is 5.60 Å². The van der Waals surface area contributed by atoms with E-state index in [1.54, 1.807) is 23.6 Å². The highest BCUT2D eigenvalue weighted by atomic mass is 32.2. The molecule has 0 aromatic carbocycles. The predicted molar refractivity (Wildman–Crippen MR) is 60.6 cm³/mol. The summed E-state index contributed by atoms with van der Waals surface area (Å²) in [4.78, 5) is 13.0. The highest BCUT2D eigenvalue weighted by molar-refractivity contribution is 7.98. The summed E-state index contributed by atoms with van der Waals surface area (Å²) in [6.45, 7) is 2.38. The summed E-state index contributed by atoms with van der Waals surface area (Å²) < 4.78 is 0. The van der Waals surface area contributed by atoms with E-state index in [0.29, 0.717) is 18.8 Å². The Morgan fingerprint density at radius 1 is 1.57 bits per heavy atom. The Morgan fingerprint density at radius 2 is 2.14 bits per heavy atom. The van der Waals surface area contributed by atoms with Crippen molar-refractivity contribution < 1.29 is 9.90 Å². The van der Waals surface area contributed by atoms with Gasteiger partial charge in [-0.2, -0.15) is 11.8 Å². The highest BCUT2D eigenvalue weighted by Gasteiger charge is 2.20. The molecule has 0 aromatic heterocycles. The molecule has 0 aliphatic heterocycles. The van der Waals surface area contributed by atoms with Gasteiger partial charge in [-0.1, -0.05) is 0 Å². The standard InChI is InChI=1S/C9H20N2O2S/c1-9(13,7-14-4)6-10-8(12)5-11(2)3/h13H,5-7H2,1-4H3,(H,10,12). The predicted octanol–water partition coefficient (Wildman–Crippen LogP) is -0.222. The minimum atomic E-state index is -0.818. The van der Waals surface area contributed by atoms with E-state index in [1.165, 1.54) is 0 Å². The number of carbonyl (C=O) groups is 1. The van der Waals surface area contributed by atoms with E-state index in [2.05, 4.69) is 5.32 Å². The van der Waals surface area contributed by atoms with Crippen molar-refractivity contribution in [3.05, 3.63) is 0 Å². The third-order valence-electron chi connectivity index (χ3n) is 1.58. The Kier molecular flexibility index (Phi) is 6.15. The van der Waals surface area contributed by atoms with Crippen molar-refractivity contribution in [2.45, 2.75) is 12.5 Å². The van der Waals surface area contributed by atoms with Crippen molar-refractivity contribution in [2.75, 3.05) is 39.2 Å². The SMILES string of the molecule is CSCC(C)(O)CNC(=O)CN(C)C. The van der Waals surface area contributed by atoms with Crippen molar-refractivity contribution >= 4 is 17.7 Å². The van der Waals surface area contributed by atoms with Crippen LogP contribution in [0.2, 0.25) is 0 Å². The Balaban J connectivity index is 3.75. The monoisotopic (exact) mass is 220 g/mol. The van der Waals surface area contributed by atoms with Gasteiger partial charge in [-0.25, -0.2) is 0 Å². The number of nitrogens with zero attached hydrogens (tertiary/aromatic N) is 1. The van der Waals surface area contributed by atoms with E-state index in [4.69, 9.17) is 0 Å². The quantitative estimate of drug-likeness (QED) is 0.650. The van der Waals surface area contributed by atoms with Gasteiger partial charge in [0, 0.05) is 12.3 Å². The topological polar surface area (TPSA) is 52.6 Å². The van der Waals surface area contributed by atoms with Crippen LogP contribution in [0.3, 0.4) is 0 Å². The van der Waals surface area contributed by atoms with Gasteiger partial charge in [0.05, 0.1) is 12.1 Å². The Morgan fingerprint density at radius 3 is 2.57 bits per heavy atom. The number of thioether (sulfide) groups is 1. The van der Waals surface area contributed by atoms with E-state index in [0.717, 1.165) is 0 Å². The summed E-state index contributed by atoms with van der Waals surface area (Å²) in [5.74, 6) is 0.561. The van der Waals surface area contributed by atoms with E-state index >= 15 is 0 Å². The largest absolute Gasteiger partial charge is 0.387 e. The lowest BCUT2D eigenvalue weighted by atomic mass is 10.1. The van der Waals surface area contributed by atoms with Gasteiger partial charge in [-0.15, -0.1) is 0 Å². The highest BCUT2D eigenvalue weighted by Crippen LogP contribution is 2.08. The maximum atomic E-state index is 11.2. The molecule has 2 N–H and O–H groups in total. The molecule has 0 radical (unpaired) electrons. The fourth-order valence-corrected chi connectivity index (χ4v) is 1.72. The van der Waals surface area contributed by atoms with E-state index in [1.807, 2.05) is 20.4 Å². The van der Waals surface area contributed by atoms with Crippen LogP contribution in [0.15, 0.2) is 0 Å². The summed E-state index contributed by atoms with van der Waals surface area (Å²) in [6, 6.07) is 0. The number of carbonyl (C=O) groups excluding carboxylic acids is 1. The molecule has 1 amide bonds. The first-order chi connectivity index (χ1) is 6.37. The van der Waals surface area contributed by atoms with Gasteiger partial charge >= 0.3 is 0 Å². The third-order valence-corrected chi connectivity index (χ3v) is 2.49. The van der Waals surface area contributed by atoms with Crippen LogP contribution in [0.25, 0.3) is 0 Å². The van der Waals surface area contributed by atoms with Gasteiger partial charge in [0.1, 0.15) is 0 Å². The fourth-order valence-electron chi connectivity index (χ4n) is 0.994. The van der Waals surface area contributed by atoms with Crippen LogP contribution in [0, 0.1) is 0 Å². The summed E-state index contributed by atoms with van der Waals surface area (Å²) in [5, 5.41) is 12.4. The molecule has 0 rings (SSSR count). The average Bonchev–Trinajstić information content (AvgIpc) is 2.00. The van der Waals surface area contributed by atoms with Crippen molar-refractivity contribution in [1.82, 2.24) is 10.2 Å². The first-order valence-corrected chi connectivity index (χ1v) is 5.89. The number of amides is 1. The summed E-state index contributed by atoms with van der Waals surface area (Å²) in [6.07, 6.45) is 1.93. The van der Waals surface area contributed by atoms with E-state index in [9.17, 15) is 9.90 Å². The second-order valence-corrected chi connectivity index (χ2v) is 4.81. The van der Waals surface area contributed by atoms with Gasteiger partial charge in [0.25, 0.3) is 0 Å². The van der Waals surface area contributed by atoms with Crippen LogP contribution in [0.1, 0.15) is 6.92 Å². The molecule has 0 spiro atoms. The number of rotatable bonds is 6. The molecule has 0 aromatic rings. The van der Waals surface area contributed by atoms with Gasteiger partial charge in [0.15, 0.2) is 0 Å². The minimum Gasteiger partial charge on any atom is -0.387 e. The molecule has 84 valence electrons. The Bertz CT molecular complexity index is 184. The van der Waals surface area contributed by atoms with Crippen molar-refractivity contribution in [2.24, 2.45) is 0 Å². The zero-order chi connectivity index (χ0) is 11.2. The molecular weight excluding hydrogens is 200 g/mol. The lowest BCUT2D eigenvalue weighted by Crippen LogP contribution is -2.44. The normalized spacial score (nSPS) is 15.3. The Hall–Kier alpha value is -0.260. The fraction of sp³-hybridized carbons (Fsp3) is 0.889. The number of nitrogens with one attached hydrogen (secondary N) is 1. The molecule has 0 fully saturated rings. The molecule has 0 saturated heterocycles. The number of hydrogen-bond donors (Lipinski definition) is 2. The zero-order valence-corrected chi connectivity index (χ0v) is 10.1. The molecule has 0 saturated carbocycles. The first kappa shape index (κ1) is 13.7. The number of likely N-dealkylation sites (N-methyl/N-ethyl adjacent to an activating group) is 1. The lowest BCUT2D eigenvalue weighted by Gasteiger charge is -2.22. The van der Waals surface area contributed by atoms with Crippen LogP contribution in [-0.4, -0.2) is 60.7 Å². The third kappa shape index (κ3) is 7.17. The van der Waals surface area contributed by atoms with Crippen molar-refractivity contribution in [1.29, 1.82) is 0 Å². The molecule has 14 heavy (non-hydrogen) atoms. The smallest absolute Gasteiger partial charge is 0.234 e. The van der Waals surface area contributed by atoms with Crippen LogP contribution >= 0.6 is 11.8 Å². The van der Waals surface area contributed by atoms with E-state index in [-0.39, 0.29) is 5.91 Å². The van der Waals surface area contributed by atoms with Crippen LogP contribution in [0.5, 0.6) is 0 Å². The first-order valence-electron chi connectivity index (χ1n) is 4.50. The maximum absolute atomic E-state index is 11.2. The van der Waals surface area contributed by atoms with Crippen molar-refractivity contribution in [3.8, 4) is 0 Å². The van der Waals surface area contributed by atoms with Crippen molar-refractivity contribution in [3.63, 3.8) is 0 Å². The van der Waals surface area contributed by atoms with Crippen LogP contribution in [0.4, 0.5) is 0 Å². The number of hydrogen-bond acceptors (Lipinski definition) is 4. The Labute approximate surface area is 90.0 Å². The van der Waals surface area contributed by atoms with Gasteiger partial charge in [0.2, 0.25) is 5.91 Å². The lowest BCUT2D eigenvalue weighted by molar-refractivity contribution is -0.122. The molecule has 1 unspecified atom stereocenters. The summed E-state index contributed by atoms with van der Waals surface area (Å²) in [5.41, 5.74) is -0.818. The molecule has 0 aliphatic carbocycles. The van der Waals surface area contributed by atoms with Crippen LogP contribution < -0.4 is 5.32 Å². The second-order valence-electron chi connectivity index (χ2n) is 3.94. The molecule has 4 nitrogen and oxygen atoms in total. The average molecular weight is 220 g/mol. The van der Waals surface area contributed by atoms with Crippen LogP contribution in [-0.2, 0) is 4.79 Å². The molecule has 0 bridgehead atoms. The van der Waals surface area contributed by atoms with Gasteiger partial charge < -0.3 is 15.3 Å². The van der Waals surface area contributed by atoms with Gasteiger partial charge in [-0.05, 0) is 27.3 Å². The molecule has 5 heteroatoms.